The van der Waals surface area contributed by atoms with Gasteiger partial charge < -0.3 is 10.2 Å². The molecule has 5 heterocycles. The summed E-state index contributed by atoms with van der Waals surface area (Å²) in [6, 6.07) is 7.77. The molecule has 0 radical (unpaired) electrons. The van der Waals surface area contributed by atoms with Gasteiger partial charge in [0.05, 0.1) is 23.4 Å². The number of aromatic nitrogens is 6. The zero-order chi connectivity index (χ0) is 23.5. The summed E-state index contributed by atoms with van der Waals surface area (Å²) in [7, 11) is 0. The fraction of sp³-hybridized carbons (Fsp3) is 0.360. The number of carbonyl (C=O) groups excluding carboxylic acids is 1. The summed E-state index contributed by atoms with van der Waals surface area (Å²) in [5.74, 6) is 1.81. The van der Waals surface area contributed by atoms with Crippen LogP contribution in [0.4, 0.5) is 11.6 Å². The monoisotopic (exact) mass is 456 g/mol. The molecule has 1 aliphatic rings. The van der Waals surface area contributed by atoms with Crippen LogP contribution in [0.25, 0.3) is 22.2 Å². The summed E-state index contributed by atoms with van der Waals surface area (Å²) in [6.45, 7) is 6.18. The fourth-order valence-corrected chi connectivity index (χ4v) is 4.10. The summed E-state index contributed by atoms with van der Waals surface area (Å²) >= 11 is 0. The minimum absolute atomic E-state index is 0.119. The molecule has 0 aromatic carbocycles. The molecule has 4 aromatic heterocycles. The third-order valence-corrected chi connectivity index (χ3v) is 6.11. The Hall–Kier alpha value is -3.88. The maximum Gasteiger partial charge on any atom is 0.244 e. The van der Waals surface area contributed by atoms with Crippen LogP contribution in [-0.4, -0.2) is 53.8 Å². The lowest BCUT2D eigenvalue weighted by Crippen LogP contribution is -2.37. The Bertz CT molecular complexity index is 1310. The van der Waals surface area contributed by atoms with Gasteiger partial charge in [-0.2, -0.15) is 10.2 Å². The van der Waals surface area contributed by atoms with E-state index in [1.165, 1.54) is 6.42 Å². The fourth-order valence-electron chi connectivity index (χ4n) is 4.10. The van der Waals surface area contributed by atoms with E-state index in [2.05, 4.69) is 39.4 Å². The van der Waals surface area contributed by atoms with E-state index in [0.717, 1.165) is 53.7 Å². The lowest BCUT2D eigenvalue weighted by molar-refractivity contribution is -0.132. The first-order valence-corrected chi connectivity index (χ1v) is 11.7. The Kier molecular flexibility index (Phi) is 6.16. The van der Waals surface area contributed by atoms with E-state index in [9.17, 15) is 4.79 Å². The van der Waals surface area contributed by atoms with Crippen molar-refractivity contribution in [2.45, 2.75) is 45.6 Å². The number of fused-ring (bicyclic) bond motifs is 1. The number of carbonyl (C=O) groups is 1. The first-order valence-electron chi connectivity index (χ1n) is 11.7. The van der Waals surface area contributed by atoms with Crippen LogP contribution in [0.2, 0.25) is 0 Å². The van der Waals surface area contributed by atoms with Crippen molar-refractivity contribution in [1.29, 1.82) is 0 Å². The molecule has 5 rings (SSSR count). The van der Waals surface area contributed by atoms with Crippen molar-refractivity contribution in [3.63, 3.8) is 0 Å². The van der Waals surface area contributed by atoms with Gasteiger partial charge in [0, 0.05) is 36.6 Å². The summed E-state index contributed by atoms with van der Waals surface area (Å²) < 4.78 is 1.70. The topological polar surface area (TPSA) is 102 Å². The van der Waals surface area contributed by atoms with E-state index in [4.69, 9.17) is 4.98 Å². The summed E-state index contributed by atoms with van der Waals surface area (Å²) in [6.07, 6.45) is 10.6. The molecule has 1 amide bonds. The number of hydrogen-bond acceptors (Lipinski definition) is 7. The molecule has 1 saturated heterocycles. The SMILES string of the molecule is CC(C)c1cnnc(Nc2ccc3ncc(-c4cnn(CC(=O)N5CCCCC5)c4)cc3n2)c1. The largest absolute Gasteiger partial charge is 0.341 e. The molecule has 0 atom stereocenters. The van der Waals surface area contributed by atoms with Crippen molar-refractivity contribution in [2.75, 3.05) is 18.4 Å². The van der Waals surface area contributed by atoms with Gasteiger partial charge in [0.1, 0.15) is 12.4 Å². The van der Waals surface area contributed by atoms with Crippen LogP contribution in [0.3, 0.4) is 0 Å². The van der Waals surface area contributed by atoms with Gasteiger partial charge in [0.2, 0.25) is 5.91 Å². The summed E-state index contributed by atoms with van der Waals surface area (Å²) in [5, 5.41) is 15.9. The first-order chi connectivity index (χ1) is 16.5. The Morgan fingerprint density at radius 2 is 1.85 bits per heavy atom. The molecule has 1 fully saturated rings. The molecular formula is C25H28N8O. The zero-order valence-corrected chi connectivity index (χ0v) is 19.5. The highest BCUT2D eigenvalue weighted by molar-refractivity contribution is 5.82. The van der Waals surface area contributed by atoms with Crippen molar-refractivity contribution in [2.24, 2.45) is 0 Å². The molecule has 0 aliphatic carbocycles. The van der Waals surface area contributed by atoms with E-state index < -0.39 is 0 Å². The molecule has 0 saturated carbocycles. The van der Waals surface area contributed by atoms with Crippen molar-refractivity contribution in [3.05, 3.63) is 54.6 Å². The van der Waals surface area contributed by atoms with E-state index in [1.807, 2.05) is 41.6 Å². The minimum atomic E-state index is 0.119. The number of likely N-dealkylation sites (tertiary alicyclic amines) is 1. The standard InChI is InChI=1S/C25H28N8O/c1-17(2)18-11-24(31-27-13-18)30-23-7-6-21-22(29-23)10-19(12-26-21)20-14-28-33(15-20)16-25(34)32-8-4-3-5-9-32/h6-7,10-15,17H,3-5,8-9,16H2,1-2H3,(H,29,30,31). The van der Waals surface area contributed by atoms with Crippen LogP contribution < -0.4 is 5.32 Å². The maximum atomic E-state index is 12.6. The number of hydrogen-bond donors (Lipinski definition) is 1. The second kappa shape index (κ2) is 9.54. The predicted molar refractivity (Wildman–Crippen MR) is 131 cm³/mol. The van der Waals surface area contributed by atoms with E-state index in [1.54, 1.807) is 17.1 Å². The van der Waals surface area contributed by atoms with Gasteiger partial charge in [-0.05, 0) is 55.0 Å². The molecule has 9 heteroatoms. The van der Waals surface area contributed by atoms with Crippen molar-refractivity contribution >= 4 is 28.6 Å². The lowest BCUT2D eigenvalue weighted by atomic mass is 10.1. The minimum Gasteiger partial charge on any atom is -0.341 e. The average Bonchev–Trinajstić information content (AvgIpc) is 3.33. The molecule has 0 bridgehead atoms. The van der Waals surface area contributed by atoms with Crippen LogP contribution in [0, 0.1) is 0 Å². The third-order valence-electron chi connectivity index (χ3n) is 6.11. The highest BCUT2D eigenvalue weighted by atomic mass is 16.2. The van der Waals surface area contributed by atoms with Crippen LogP contribution in [0.15, 0.2) is 49.1 Å². The maximum absolute atomic E-state index is 12.6. The highest BCUT2D eigenvalue weighted by Crippen LogP contribution is 2.24. The molecule has 34 heavy (non-hydrogen) atoms. The normalized spacial score (nSPS) is 14.0. The van der Waals surface area contributed by atoms with Gasteiger partial charge in [0.15, 0.2) is 5.82 Å². The van der Waals surface area contributed by atoms with Crippen LogP contribution in [0.1, 0.15) is 44.6 Å². The van der Waals surface area contributed by atoms with Gasteiger partial charge in [0.25, 0.3) is 0 Å². The average molecular weight is 457 g/mol. The highest BCUT2D eigenvalue weighted by Gasteiger charge is 2.17. The third kappa shape index (κ3) is 4.88. The molecule has 4 aromatic rings. The summed E-state index contributed by atoms with van der Waals surface area (Å²) in [5.41, 5.74) is 4.46. The Morgan fingerprint density at radius 1 is 1.00 bits per heavy atom. The number of nitrogens with one attached hydrogen (secondary N) is 1. The Labute approximate surface area is 198 Å². The van der Waals surface area contributed by atoms with Gasteiger partial charge in [-0.15, -0.1) is 5.10 Å². The number of nitrogens with zero attached hydrogens (tertiary/aromatic N) is 7. The van der Waals surface area contributed by atoms with E-state index in [0.29, 0.717) is 17.6 Å². The quantitative estimate of drug-likeness (QED) is 0.465. The Morgan fingerprint density at radius 3 is 2.68 bits per heavy atom. The smallest absolute Gasteiger partial charge is 0.244 e. The number of piperidine rings is 1. The van der Waals surface area contributed by atoms with Crippen LogP contribution in [-0.2, 0) is 11.3 Å². The van der Waals surface area contributed by atoms with Crippen LogP contribution >= 0.6 is 0 Å². The van der Waals surface area contributed by atoms with Crippen molar-refractivity contribution in [3.8, 4) is 11.1 Å². The summed E-state index contributed by atoms with van der Waals surface area (Å²) in [4.78, 5) is 23.8. The molecule has 9 nitrogen and oxygen atoms in total. The van der Waals surface area contributed by atoms with Gasteiger partial charge in [-0.3, -0.25) is 14.5 Å². The number of rotatable bonds is 6. The molecule has 1 aliphatic heterocycles. The van der Waals surface area contributed by atoms with Crippen molar-refractivity contribution in [1.82, 2.24) is 34.8 Å². The van der Waals surface area contributed by atoms with E-state index >= 15 is 0 Å². The van der Waals surface area contributed by atoms with Gasteiger partial charge >= 0.3 is 0 Å². The number of pyridine rings is 2. The molecule has 1 N–H and O–H groups in total. The lowest BCUT2D eigenvalue weighted by Gasteiger charge is -2.26. The molecule has 0 spiro atoms. The van der Waals surface area contributed by atoms with Crippen molar-refractivity contribution < 1.29 is 4.79 Å². The van der Waals surface area contributed by atoms with E-state index in [-0.39, 0.29) is 12.5 Å². The molecule has 0 unspecified atom stereocenters. The number of amides is 1. The predicted octanol–water partition coefficient (Wildman–Crippen LogP) is 4.16. The first kappa shape index (κ1) is 21.9. The second-order valence-corrected chi connectivity index (χ2v) is 8.98. The number of anilines is 2. The molecule has 174 valence electrons. The van der Waals surface area contributed by atoms with Gasteiger partial charge in [-0.25, -0.2) is 4.98 Å². The van der Waals surface area contributed by atoms with Crippen LogP contribution in [0.5, 0.6) is 0 Å². The Balaban J connectivity index is 1.33. The second-order valence-electron chi connectivity index (χ2n) is 8.98. The molecular weight excluding hydrogens is 428 g/mol. The van der Waals surface area contributed by atoms with Gasteiger partial charge in [-0.1, -0.05) is 13.8 Å². The zero-order valence-electron chi connectivity index (χ0n) is 19.5.